The standard InChI is InChI=1S/C11H14FNO3S/c12-9-2-1-3-10(6-9)17(15,16)13-7-11(8-14)4-5-11/h1-3,6,13-14H,4-5,7-8H2. The van der Waals surface area contributed by atoms with Crippen LogP contribution in [0.4, 0.5) is 4.39 Å². The summed E-state index contributed by atoms with van der Waals surface area (Å²) in [5, 5.41) is 9.07. The maximum Gasteiger partial charge on any atom is 0.240 e. The summed E-state index contributed by atoms with van der Waals surface area (Å²) in [5.41, 5.74) is -0.305. The zero-order chi connectivity index (χ0) is 12.5. The fourth-order valence-corrected chi connectivity index (χ4v) is 2.72. The minimum Gasteiger partial charge on any atom is -0.396 e. The van der Waals surface area contributed by atoms with Gasteiger partial charge in [-0.1, -0.05) is 6.07 Å². The van der Waals surface area contributed by atoms with Crippen molar-refractivity contribution in [2.75, 3.05) is 13.2 Å². The van der Waals surface area contributed by atoms with Gasteiger partial charge in [-0.15, -0.1) is 0 Å². The Kier molecular flexibility index (Phi) is 3.20. The van der Waals surface area contributed by atoms with Gasteiger partial charge in [-0.05, 0) is 31.0 Å². The van der Waals surface area contributed by atoms with Gasteiger partial charge in [0.05, 0.1) is 4.90 Å². The highest BCUT2D eigenvalue weighted by molar-refractivity contribution is 7.89. The first-order valence-corrected chi connectivity index (χ1v) is 6.82. The fourth-order valence-electron chi connectivity index (χ4n) is 1.53. The first-order valence-electron chi connectivity index (χ1n) is 5.34. The monoisotopic (exact) mass is 259 g/mol. The van der Waals surface area contributed by atoms with Crippen LogP contribution >= 0.6 is 0 Å². The van der Waals surface area contributed by atoms with Crippen LogP contribution in [0, 0.1) is 11.2 Å². The average molecular weight is 259 g/mol. The molecule has 0 radical (unpaired) electrons. The van der Waals surface area contributed by atoms with E-state index in [2.05, 4.69) is 4.72 Å². The Bertz CT molecular complexity index is 511. The summed E-state index contributed by atoms with van der Waals surface area (Å²) < 4.78 is 39.0. The predicted molar refractivity (Wildman–Crippen MR) is 60.3 cm³/mol. The van der Waals surface area contributed by atoms with Crippen LogP contribution in [0.1, 0.15) is 12.8 Å². The van der Waals surface area contributed by atoms with Crippen LogP contribution in [-0.2, 0) is 10.0 Å². The van der Waals surface area contributed by atoms with Gasteiger partial charge in [0.2, 0.25) is 10.0 Å². The van der Waals surface area contributed by atoms with Crippen LogP contribution in [0.2, 0.25) is 0 Å². The second-order valence-electron chi connectivity index (χ2n) is 4.44. The number of aliphatic hydroxyl groups excluding tert-OH is 1. The van der Waals surface area contributed by atoms with E-state index < -0.39 is 15.8 Å². The number of hydrogen-bond acceptors (Lipinski definition) is 3. The van der Waals surface area contributed by atoms with Crippen molar-refractivity contribution >= 4 is 10.0 Å². The molecule has 4 nitrogen and oxygen atoms in total. The molecule has 1 aliphatic carbocycles. The summed E-state index contributed by atoms with van der Waals surface area (Å²) in [5.74, 6) is -0.587. The van der Waals surface area contributed by atoms with Crippen molar-refractivity contribution in [3.05, 3.63) is 30.1 Å². The Morgan fingerprint density at radius 3 is 2.65 bits per heavy atom. The smallest absolute Gasteiger partial charge is 0.240 e. The molecule has 0 bridgehead atoms. The van der Waals surface area contributed by atoms with Gasteiger partial charge in [0, 0.05) is 18.6 Å². The van der Waals surface area contributed by atoms with E-state index in [-0.39, 0.29) is 23.5 Å². The van der Waals surface area contributed by atoms with E-state index in [4.69, 9.17) is 5.11 Å². The van der Waals surface area contributed by atoms with Crippen molar-refractivity contribution in [1.29, 1.82) is 0 Å². The lowest BCUT2D eigenvalue weighted by atomic mass is 10.1. The Balaban J connectivity index is 2.09. The molecule has 0 aliphatic heterocycles. The van der Waals surface area contributed by atoms with E-state index in [1.807, 2.05) is 0 Å². The van der Waals surface area contributed by atoms with E-state index in [0.717, 1.165) is 18.9 Å². The van der Waals surface area contributed by atoms with Crippen LogP contribution in [-0.4, -0.2) is 26.7 Å². The number of halogens is 1. The Morgan fingerprint density at radius 2 is 2.12 bits per heavy atom. The van der Waals surface area contributed by atoms with E-state index in [1.165, 1.54) is 18.2 Å². The molecule has 0 unspecified atom stereocenters. The second kappa shape index (κ2) is 4.36. The zero-order valence-corrected chi connectivity index (χ0v) is 10.0. The van der Waals surface area contributed by atoms with Gasteiger partial charge in [-0.2, -0.15) is 0 Å². The summed E-state index contributed by atoms with van der Waals surface area (Å²) in [4.78, 5) is -0.0914. The summed E-state index contributed by atoms with van der Waals surface area (Å²) >= 11 is 0. The molecule has 0 atom stereocenters. The van der Waals surface area contributed by atoms with Crippen molar-refractivity contribution in [2.24, 2.45) is 5.41 Å². The molecule has 0 spiro atoms. The zero-order valence-electron chi connectivity index (χ0n) is 9.19. The predicted octanol–water partition coefficient (Wildman–Crippen LogP) is 0.876. The highest BCUT2D eigenvalue weighted by Gasteiger charge is 2.42. The summed E-state index contributed by atoms with van der Waals surface area (Å²) in [7, 11) is -3.69. The molecule has 6 heteroatoms. The van der Waals surface area contributed by atoms with Gasteiger partial charge in [0.1, 0.15) is 5.82 Å². The third-order valence-electron chi connectivity index (χ3n) is 3.04. The number of sulfonamides is 1. The van der Waals surface area contributed by atoms with Crippen LogP contribution in [0.25, 0.3) is 0 Å². The largest absolute Gasteiger partial charge is 0.396 e. The SMILES string of the molecule is O=S(=O)(NCC1(CO)CC1)c1cccc(F)c1. The van der Waals surface area contributed by atoms with Gasteiger partial charge >= 0.3 is 0 Å². The third kappa shape index (κ3) is 2.83. The summed E-state index contributed by atoms with van der Waals surface area (Å²) in [6.07, 6.45) is 1.63. The molecule has 0 amide bonds. The van der Waals surface area contributed by atoms with Crippen LogP contribution in [0.3, 0.4) is 0 Å². The van der Waals surface area contributed by atoms with Crippen LogP contribution in [0.15, 0.2) is 29.2 Å². The van der Waals surface area contributed by atoms with Gasteiger partial charge in [-0.3, -0.25) is 0 Å². The molecule has 1 aliphatic rings. The fraction of sp³-hybridized carbons (Fsp3) is 0.455. The number of benzene rings is 1. The van der Waals surface area contributed by atoms with Gasteiger partial charge < -0.3 is 5.11 Å². The lowest BCUT2D eigenvalue weighted by molar-refractivity contribution is 0.213. The van der Waals surface area contributed by atoms with Crippen molar-refractivity contribution in [3.8, 4) is 0 Å². The molecule has 0 saturated heterocycles. The molecule has 1 fully saturated rings. The molecular weight excluding hydrogens is 245 g/mol. The molecule has 2 rings (SSSR count). The molecule has 17 heavy (non-hydrogen) atoms. The minimum absolute atomic E-state index is 0.0291. The average Bonchev–Trinajstić information content (AvgIpc) is 3.07. The number of hydrogen-bond donors (Lipinski definition) is 2. The number of rotatable bonds is 5. The van der Waals surface area contributed by atoms with Crippen LogP contribution in [0.5, 0.6) is 0 Å². The first kappa shape index (κ1) is 12.5. The second-order valence-corrected chi connectivity index (χ2v) is 6.21. The molecule has 1 aromatic rings. The number of aliphatic hydroxyl groups is 1. The highest BCUT2D eigenvalue weighted by Crippen LogP contribution is 2.44. The van der Waals surface area contributed by atoms with Gasteiger partial charge in [0.15, 0.2) is 0 Å². The molecule has 1 aromatic carbocycles. The molecule has 0 aromatic heterocycles. The molecule has 1 saturated carbocycles. The maximum absolute atomic E-state index is 12.9. The molecule has 0 heterocycles. The van der Waals surface area contributed by atoms with Gasteiger partial charge in [0.25, 0.3) is 0 Å². The molecule has 94 valence electrons. The Labute approximate surface area is 99.5 Å². The molecular formula is C11H14FNO3S. The highest BCUT2D eigenvalue weighted by atomic mass is 32.2. The van der Waals surface area contributed by atoms with Crippen molar-refractivity contribution < 1.29 is 17.9 Å². The number of nitrogens with one attached hydrogen (secondary N) is 1. The maximum atomic E-state index is 12.9. The lowest BCUT2D eigenvalue weighted by Gasteiger charge is -2.13. The normalized spacial score (nSPS) is 18.0. The van der Waals surface area contributed by atoms with Crippen molar-refractivity contribution in [2.45, 2.75) is 17.7 Å². The topological polar surface area (TPSA) is 66.4 Å². The van der Waals surface area contributed by atoms with E-state index in [0.29, 0.717) is 0 Å². The molecule has 2 N–H and O–H groups in total. The van der Waals surface area contributed by atoms with Crippen LogP contribution < -0.4 is 4.72 Å². The van der Waals surface area contributed by atoms with E-state index in [1.54, 1.807) is 0 Å². The lowest BCUT2D eigenvalue weighted by Crippen LogP contribution is -2.31. The Hall–Kier alpha value is -0.980. The van der Waals surface area contributed by atoms with Crippen molar-refractivity contribution in [3.63, 3.8) is 0 Å². The quantitative estimate of drug-likeness (QED) is 0.824. The van der Waals surface area contributed by atoms with E-state index in [9.17, 15) is 12.8 Å². The summed E-state index contributed by atoms with van der Waals surface area (Å²) in [6, 6.07) is 4.85. The third-order valence-corrected chi connectivity index (χ3v) is 4.44. The minimum atomic E-state index is -3.69. The summed E-state index contributed by atoms with van der Waals surface area (Å²) in [6.45, 7) is 0.168. The van der Waals surface area contributed by atoms with Gasteiger partial charge in [-0.25, -0.2) is 17.5 Å². The van der Waals surface area contributed by atoms with Crippen molar-refractivity contribution in [1.82, 2.24) is 4.72 Å². The Morgan fingerprint density at radius 1 is 1.41 bits per heavy atom. The van der Waals surface area contributed by atoms with E-state index >= 15 is 0 Å². The first-order chi connectivity index (χ1) is 7.97.